The third-order valence-corrected chi connectivity index (χ3v) is 4.60. The predicted octanol–water partition coefficient (Wildman–Crippen LogP) is 5.73. The van der Waals surface area contributed by atoms with Crippen molar-refractivity contribution in [3.63, 3.8) is 0 Å². The van der Waals surface area contributed by atoms with Crippen molar-refractivity contribution in [2.45, 2.75) is 19.4 Å². The molecular formula is C23H20O. The standard InChI is InChI=1S/C23H20O/c1-17-13-14-22-20(15-17)21(18-9-5-3-6-10-18)16-23(2,24-22)19-11-7-4-8-12-19/h3-16H,1-2H3. The molecule has 0 fully saturated rings. The normalized spacial score (nSPS) is 19.2. The van der Waals surface area contributed by atoms with Gasteiger partial charge < -0.3 is 4.74 Å². The topological polar surface area (TPSA) is 9.23 Å². The van der Waals surface area contributed by atoms with Crippen molar-refractivity contribution < 1.29 is 4.74 Å². The summed E-state index contributed by atoms with van der Waals surface area (Å²) < 4.78 is 6.44. The molecule has 0 amide bonds. The van der Waals surface area contributed by atoms with E-state index in [2.05, 4.69) is 92.7 Å². The molecule has 0 aromatic heterocycles. The molecule has 3 aromatic rings. The number of benzene rings is 3. The van der Waals surface area contributed by atoms with E-state index >= 15 is 0 Å². The van der Waals surface area contributed by atoms with Gasteiger partial charge in [-0.1, -0.05) is 72.3 Å². The summed E-state index contributed by atoms with van der Waals surface area (Å²) in [5.41, 5.74) is 5.53. The Hall–Kier alpha value is -2.80. The summed E-state index contributed by atoms with van der Waals surface area (Å²) in [6.45, 7) is 4.25. The second-order valence-corrected chi connectivity index (χ2v) is 6.50. The molecule has 1 aliphatic heterocycles. The van der Waals surface area contributed by atoms with E-state index in [1.54, 1.807) is 0 Å². The molecule has 118 valence electrons. The monoisotopic (exact) mass is 312 g/mol. The van der Waals surface area contributed by atoms with Crippen molar-refractivity contribution in [2.75, 3.05) is 0 Å². The van der Waals surface area contributed by atoms with Gasteiger partial charge in [-0.15, -0.1) is 0 Å². The molecule has 3 aromatic carbocycles. The molecule has 1 unspecified atom stereocenters. The fourth-order valence-electron chi connectivity index (χ4n) is 3.32. The first-order chi connectivity index (χ1) is 11.7. The van der Waals surface area contributed by atoms with Crippen LogP contribution in [-0.2, 0) is 5.60 Å². The van der Waals surface area contributed by atoms with Crippen LogP contribution in [0.2, 0.25) is 0 Å². The third kappa shape index (κ3) is 2.52. The Morgan fingerprint density at radius 3 is 2.17 bits per heavy atom. The molecule has 0 aliphatic carbocycles. The van der Waals surface area contributed by atoms with E-state index in [9.17, 15) is 0 Å². The molecule has 1 nitrogen and oxygen atoms in total. The second-order valence-electron chi connectivity index (χ2n) is 6.50. The number of fused-ring (bicyclic) bond motifs is 1. The van der Waals surface area contributed by atoms with Crippen LogP contribution in [0.25, 0.3) is 5.57 Å². The number of hydrogen-bond donors (Lipinski definition) is 0. The van der Waals surface area contributed by atoms with E-state index in [0.29, 0.717) is 0 Å². The number of rotatable bonds is 2. The summed E-state index contributed by atoms with van der Waals surface area (Å²) in [4.78, 5) is 0. The van der Waals surface area contributed by atoms with Crippen LogP contribution in [0.1, 0.15) is 29.2 Å². The Bertz CT molecular complexity index is 894. The van der Waals surface area contributed by atoms with Crippen LogP contribution in [0, 0.1) is 6.92 Å². The maximum Gasteiger partial charge on any atom is 0.150 e. The van der Waals surface area contributed by atoms with Crippen molar-refractivity contribution in [1.82, 2.24) is 0 Å². The minimum atomic E-state index is -0.477. The van der Waals surface area contributed by atoms with E-state index in [-0.39, 0.29) is 0 Å². The highest BCUT2D eigenvalue weighted by atomic mass is 16.5. The first kappa shape index (κ1) is 14.8. The van der Waals surface area contributed by atoms with Crippen molar-refractivity contribution in [3.05, 3.63) is 107 Å². The number of hydrogen-bond acceptors (Lipinski definition) is 1. The van der Waals surface area contributed by atoms with Gasteiger partial charge in [-0.2, -0.15) is 0 Å². The van der Waals surface area contributed by atoms with Gasteiger partial charge in [0, 0.05) is 5.56 Å². The summed E-state index contributed by atoms with van der Waals surface area (Å²) in [6, 6.07) is 27.3. The lowest BCUT2D eigenvalue weighted by Gasteiger charge is -2.35. The molecule has 1 heteroatoms. The Balaban J connectivity index is 1.94. The van der Waals surface area contributed by atoms with E-state index in [1.807, 2.05) is 6.07 Å². The quantitative estimate of drug-likeness (QED) is 0.587. The van der Waals surface area contributed by atoms with Gasteiger partial charge in [0.25, 0.3) is 0 Å². The van der Waals surface area contributed by atoms with Gasteiger partial charge in [-0.25, -0.2) is 0 Å². The lowest BCUT2D eigenvalue weighted by Crippen LogP contribution is -2.30. The van der Waals surface area contributed by atoms with Crippen molar-refractivity contribution in [2.24, 2.45) is 0 Å². The van der Waals surface area contributed by atoms with Gasteiger partial charge in [0.05, 0.1) is 0 Å². The number of aryl methyl sites for hydroxylation is 1. The minimum absolute atomic E-state index is 0.477. The molecule has 1 heterocycles. The molecular weight excluding hydrogens is 292 g/mol. The smallest absolute Gasteiger partial charge is 0.150 e. The minimum Gasteiger partial charge on any atom is -0.478 e. The fourth-order valence-corrected chi connectivity index (χ4v) is 3.32. The van der Waals surface area contributed by atoms with Crippen molar-refractivity contribution in [1.29, 1.82) is 0 Å². The van der Waals surface area contributed by atoms with Crippen LogP contribution in [-0.4, -0.2) is 0 Å². The van der Waals surface area contributed by atoms with Gasteiger partial charge >= 0.3 is 0 Å². The molecule has 0 spiro atoms. The van der Waals surface area contributed by atoms with E-state index in [0.717, 1.165) is 16.9 Å². The van der Waals surface area contributed by atoms with E-state index in [1.165, 1.54) is 16.7 Å². The zero-order chi connectivity index (χ0) is 16.6. The van der Waals surface area contributed by atoms with E-state index in [4.69, 9.17) is 4.74 Å². The highest BCUT2D eigenvalue weighted by molar-refractivity contribution is 5.85. The van der Waals surface area contributed by atoms with Gasteiger partial charge in [0.15, 0.2) is 5.60 Å². The molecule has 1 aliphatic rings. The SMILES string of the molecule is Cc1ccc2c(c1)C(c1ccccc1)=CC(C)(c1ccccc1)O2. The molecule has 1 atom stereocenters. The third-order valence-electron chi connectivity index (χ3n) is 4.60. The molecule has 0 bridgehead atoms. The number of ether oxygens (including phenoxy) is 1. The first-order valence-corrected chi connectivity index (χ1v) is 8.29. The van der Waals surface area contributed by atoms with Gasteiger partial charge in [-0.05, 0) is 48.8 Å². The Morgan fingerprint density at radius 2 is 1.46 bits per heavy atom. The molecule has 24 heavy (non-hydrogen) atoms. The van der Waals surface area contributed by atoms with Crippen LogP contribution in [0.4, 0.5) is 0 Å². The molecule has 0 N–H and O–H groups in total. The van der Waals surface area contributed by atoms with E-state index < -0.39 is 5.60 Å². The summed E-state index contributed by atoms with van der Waals surface area (Å²) in [5, 5.41) is 0. The highest BCUT2D eigenvalue weighted by Crippen LogP contribution is 2.43. The first-order valence-electron chi connectivity index (χ1n) is 8.29. The average Bonchev–Trinajstić information content (AvgIpc) is 2.63. The van der Waals surface area contributed by atoms with Crippen LogP contribution < -0.4 is 4.74 Å². The average molecular weight is 312 g/mol. The fraction of sp³-hybridized carbons (Fsp3) is 0.130. The van der Waals surface area contributed by atoms with Gasteiger partial charge in [-0.3, -0.25) is 0 Å². The van der Waals surface area contributed by atoms with Crippen molar-refractivity contribution in [3.8, 4) is 5.75 Å². The van der Waals surface area contributed by atoms with Crippen LogP contribution in [0.3, 0.4) is 0 Å². The Kier molecular flexibility index (Phi) is 3.50. The largest absolute Gasteiger partial charge is 0.478 e. The van der Waals surface area contributed by atoms with Crippen LogP contribution >= 0.6 is 0 Å². The van der Waals surface area contributed by atoms with Crippen LogP contribution in [0.5, 0.6) is 5.75 Å². The van der Waals surface area contributed by atoms with Gasteiger partial charge in [0.1, 0.15) is 5.75 Å². The van der Waals surface area contributed by atoms with Gasteiger partial charge in [0.2, 0.25) is 0 Å². The molecule has 4 rings (SSSR count). The maximum atomic E-state index is 6.44. The van der Waals surface area contributed by atoms with Crippen molar-refractivity contribution >= 4 is 5.57 Å². The lowest BCUT2D eigenvalue weighted by molar-refractivity contribution is 0.137. The maximum absolute atomic E-state index is 6.44. The Labute approximate surface area is 143 Å². The summed E-state index contributed by atoms with van der Waals surface area (Å²) in [6.07, 6.45) is 2.25. The highest BCUT2D eigenvalue weighted by Gasteiger charge is 2.33. The summed E-state index contributed by atoms with van der Waals surface area (Å²) in [5.74, 6) is 0.938. The zero-order valence-electron chi connectivity index (χ0n) is 14.0. The Morgan fingerprint density at radius 1 is 0.792 bits per heavy atom. The lowest BCUT2D eigenvalue weighted by atomic mass is 9.85. The molecule has 0 saturated carbocycles. The summed E-state index contributed by atoms with van der Waals surface area (Å²) in [7, 11) is 0. The molecule has 0 radical (unpaired) electrons. The molecule has 0 saturated heterocycles. The summed E-state index contributed by atoms with van der Waals surface area (Å²) >= 11 is 0. The predicted molar refractivity (Wildman–Crippen MR) is 99.1 cm³/mol. The second kappa shape index (κ2) is 5.68. The van der Waals surface area contributed by atoms with Crippen LogP contribution in [0.15, 0.2) is 84.9 Å². The zero-order valence-corrected chi connectivity index (χ0v) is 14.0.